The Hall–Kier alpha value is -0.860. The molecule has 1 aliphatic rings. The van der Waals surface area contributed by atoms with E-state index in [2.05, 4.69) is 49.5 Å². The summed E-state index contributed by atoms with van der Waals surface area (Å²) < 4.78 is 5.68. The van der Waals surface area contributed by atoms with Crippen molar-refractivity contribution in [2.24, 2.45) is 5.92 Å². The summed E-state index contributed by atoms with van der Waals surface area (Å²) in [6, 6.07) is 11.8. The van der Waals surface area contributed by atoms with Crippen LogP contribution in [0.3, 0.4) is 0 Å². The third kappa shape index (κ3) is 4.32. The Morgan fingerprint density at radius 3 is 2.50 bits per heavy atom. The molecule has 3 atom stereocenters. The van der Waals surface area contributed by atoms with Gasteiger partial charge in [-0.2, -0.15) is 0 Å². The lowest BCUT2D eigenvalue weighted by molar-refractivity contribution is 0.0366. The van der Waals surface area contributed by atoms with Gasteiger partial charge in [0.05, 0.1) is 6.10 Å². The molecule has 1 aliphatic carbocycles. The van der Waals surface area contributed by atoms with Crippen molar-refractivity contribution in [3.05, 3.63) is 35.9 Å². The van der Waals surface area contributed by atoms with E-state index in [1.807, 2.05) is 7.11 Å². The van der Waals surface area contributed by atoms with E-state index in [1.165, 1.54) is 37.7 Å². The molecule has 2 rings (SSSR count). The summed E-state index contributed by atoms with van der Waals surface area (Å²) in [6.07, 6.45) is 6.60. The van der Waals surface area contributed by atoms with Crippen LogP contribution in [-0.2, 0) is 4.74 Å². The quantitative estimate of drug-likeness (QED) is 0.834. The van der Waals surface area contributed by atoms with Gasteiger partial charge in [-0.1, -0.05) is 57.0 Å². The predicted molar refractivity (Wildman–Crippen MR) is 84.8 cm³/mol. The van der Waals surface area contributed by atoms with Crippen LogP contribution in [0, 0.1) is 5.92 Å². The predicted octanol–water partition coefficient (Wildman–Crippen LogP) is 4.32. The van der Waals surface area contributed by atoms with Crippen LogP contribution in [0.2, 0.25) is 0 Å². The minimum absolute atomic E-state index is 0.377. The van der Waals surface area contributed by atoms with Crippen molar-refractivity contribution in [1.82, 2.24) is 5.32 Å². The number of rotatable bonds is 6. The second-order valence-corrected chi connectivity index (χ2v) is 6.42. The standard InChI is InChI=1S/C18H29NO/c1-14(2)13-17(15-9-5-4-6-10-15)19-16-11-7-8-12-18(16)20-3/h4-6,9-10,14,16-19H,7-8,11-13H2,1-3H3. The number of hydrogen-bond acceptors (Lipinski definition) is 2. The van der Waals surface area contributed by atoms with Gasteiger partial charge in [-0.05, 0) is 30.7 Å². The van der Waals surface area contributed by atoms with Crippen LogP contribution in [0.15, 0.2) is 30.3 Å². The van der Waals surface area contributed by atoms with E-state index in [0.717, 1.165) is 0 Å². The number of ether oxygens (including phenoxy) is 1. The van der Waals surface area contributed by atoms with Crippen LogP contribution in [0.25, 0.3) is 0 Å². The molecular formula is C18H29NO. The molecule has 20 heavy (non-hydrogen) atoms. The van der Waals surface area contributed by atoms with E-state index in [-0.39, 0.29) is 0 Å². The van der Waals surface area contributed by atoms with Gasteiger partial charge in [-0.25, -0.2) is 0 Å². The lowest BCUT2D eigenvalue weighted by Gasteiger charge is -2.35. The van der Waals surface area contributed by atoms with E-state index in [9.17, 15) is 0 Å². The van der Waals surface area contributed by atoms with Crippen LogP contribution < -0.4 is 5.32 Å². The van der Waals surface area contributed by atoms with Crippen LogP contribution >= 0.6 is 0 Å². The monoisotopic (exact) mass is 275 g/mol. The van der Waals surface area contributed by atoms with Crippen LogP contribution in [-0.4, -0.2) is 19.3 Å². The lowest BCUT2D eigenvalue weighted by Crippen LogP contribution is -2.45. The maximum atomic E-state index is 5.68. The molecule has 112 valence electrons. The van der Waals surface area contributed by atoms with Crippen molar-refractivity contribution in [2.75, 3.05) is 7.11 Å². The van der Waals surface area contributed by atoms with Gasteiger partial charge in [0, 0.05) is 19.2 Å². The zero-order chi connectivity index (χ0) is 14.4. The van der Waals surface area contributed by atoms with Gasteiger partial charge in [0.2, 0.25) is 0 Å². The SMILES string of the molecule is COC1CCCCC1NC(CC(C)C)c1ccccc1. The van der Waals surface area contributed by atoms with E-state index in [1.54, 1.807) is 0 Å². The largest absolute Gasteiger partial charge is 0.380 e. The number of nitrogens with one attached hydrogen (secondary N) is 1. The fraction of sp³-hybridized carbons (Fsp3) is 0.667. The highest BCUT2D eigenvalue weighted by Gasteiger charge is 2.27. The third-order valence-corrected chi connectivity index (χ3v) is 4.33. The molecule has 0 radical (unpaired) electrons. The van der Waals surface area contributed by atoms with Crippen molar-refractivity contribution in [2.45, 2.75) is 64.1 Å². The average molecular weight is 275 g/mol. The summed E-state index contributed by atoms with van der Waals surface area (Å²) in [7, 11) is 1.85. The molecule has 0 bridgehead atoms. The minimum atomic E-state index is 0.377. The van der Waals surface area contributed by atoms with Gasteiger partial charge < -0.3 is 10.1 Å². The maximum absolute atomic E-state index is 5.68. The highest BCUT2D eigenvalue weighted by Crippen LogP contribution is 2.27. The molecule has 0 saturated heterocycles. The minimum Gasteiger partial charge on any atom is -0.380 e. The summed E-state index contributed by atoms with van der Waals surface area (Å²) >= 11 is 0. The summed E-state index contributed by atoms with van der Waals surface area (Å²) in [5.41, 5.74) is 1.40. The molecule has 2 heteroatoms. The van der Waals surface area contributed by atoms with Crippen molar-refractivity contribution < 1.29 is 4.74 Å². The van der Waals surface area contributed by atoms with Gasteiger partial charge >= 0.3 is 0 Å². The fourth-order valence-electron chi connectivity index (χ4n) is 3.29. The topological polar surface area (TPSA) is 21.3 Å². The van der Waals surface area contributed by atoms with E-state index in [0.29, 0.717) is 24.1 Å². The molecule has 3 unspecified atom stereocenters. The molecular weight excluding hydrogens is 246 g/mol. The molecule has 0 aliphatic heterocycles. The Morgan fingerprint density at radius 1 is 1.15 bits per heavy atom. The molecule has 0 spiro atoms. The molecule has 0 amide bonds. The zero-order valence-electron chi connectivity index (χ0n) is 13.1. The van der Waals surface area contributed by atoms with Gasteiger partial charge in [0.1, 0.15) is 0 Å². The second kappa shape index (κ2) is 7.80. The number of benzene rings is 1. The van der Waals surface area contributed by atoms with Crippen LogP contribution in [0.1, 0.15) is 57.6 Å². The fourth-order valence-corrected chi connectivity index (χ4v) is 3.29. The number of methoxy groups -OCH3 is 1. The molecule has 0 heterocycles. The highest BCUT2D eigenvalue weighted by molar-refractivity contribution is 5.19. The maximum Gasteiger partial charge on any atom is 0.0724 e. The van der Waals surface area contributed by atoms with Gasteiger partial charge in [0.15, 0.2) is 0 Å². The van der Waals surface area contributed by atoms with Gasteiger partial charge in [-0.15, -0.1) is 0 Å². The van der Waals surface area contributed by atoms with E-state index >= 15 is 0 Å². The summed E-state index contributed by atoms with van der Waals surface area (Å²) in [5, 5.41) is 3.88. The Kier molecular flexibility index (Phi) is 6.06. The van der Waals surface area contributed by atoms with Crippen LogP contribution in [0.5, 0.6) is 0 Å². The van der Waals surface area contributed by atoms with E-state index < -0.39 is 0 Å². The second-order valence-electron chi connectivity index (χ2n) is 6.42. The van der Waals surface area contributed by atoms with Gasteiger partial charge in [-0.3, -0.25) is 0 Å². The number of hydrogen-bond donors (Lipinski definition) is 1. The molecule has 0 aromatic heterocycles. The zero-order valence-corrected chi connectivity index (χ0v) is 13.1. The molecule has 2 nitrogen and oxygen atoms in total. The van der Waals surface area contributed by atoms with Crippen LogP contribution in [0.4, 0.5) is 0 Å². The first-order valence-electron chi connectivity index (χ1n) is 8.04. The molecule has 1 saturated carbocycles. The average Bonchev–Trinajstić information content (AvgIpc) is 2.47. The molecule has 1 aromatic carbocycles. The van der Waals surface area contributed by atoms with E-state index in [4.69, 9.17) is 4.74 Å². The Balaban J connectivity index is 2.07. The van der Waals surface area contributed by atoms with Crippen molar-refractivity contribution in [1.29, 1.82) is 0 Å². The smallest absolute Gasteiger partial charge is 0.0724 e. The Morgan fingerprint density at radius 2 is 1.85 bits per heavy atom. The Labute approximate surface area is 123 Å². The van der Waals surface area contributed by atoms with Gasteiger partial charge in [0.25, 0.3) is 0 Å². The lowest BCUT2D eigenvalue weighted by atomic mass is 9.89. The van der Waals surface area contributed by atoms with Crippen molar-refractivity contribution >= 4 is 0 Å². The molecule has 1 aromatic rings. The summed E-state index contributed by atoms with van der Waals surface area (Å²) in [4.78, 5) is 0. The first-order valence-corrected chi connectivity index (χ1v) is 8.04. The molecule has 1 N–H and O–H groups in total. The normalized spacial score (nSPS) is 24.8. The highest BCUT2D eigenvalue weighted by atomic mass is 16.5. The molecule has 1 fully saturated rings. The van der Waals surface area contributed by atoms with Crippen molar-refractivity contribution in [3.63, 3.8) is 0 Å². The first kappa shape index (κ1) is 15.5. The Bertz CT molecular complexity index is 376. The summed E-state index contributed by atoms with van der Waals surface area (Å²) in [5.74, 6) is 0.692. The first-order chi connectivity index (χ1) is 9.70. The summed E-state index contributed by atoms with van der Waals surface area (Å²) in [6.45, 7) is 4.60. The van der Waals surface area contributed by atoms with Crippen molar-refractivity contribution in [3.8, 4) is 0 Å². The third-order valence-electron chi connectivity index (χ3n) is 4.33.